The number of carbonyl (C=O) groups excluding carboxylic acids is 1. The second kappa shape index (κ2) is 8.65. The Balaban J connectivity index is 1.69. The molecule has 2 rings (SSSR count). The first-order valence-electron chi connectivity index (χ1n) is 7.49. The molecule has 0 heterocycles. The number of hydrogen-bond donors (Lipinski definition) is 2. The molecule has 0 fully saturated rings. The normalized spacial score (nSPS) is 12.0. The summed E-state index contributed by atoms with van der Waals surface area (Å²) in [7, 11) is 0. The molecule has 0 aliphatic carbocycles. The van der Waals surface area contributed by atoms with Crippen LogP contribution in [-0.4, -0.2) is 17.6 Å². The molecule has 0 spiro atoms. The van der Waals surface area contributed by atoms with Gasteiger partial charge in [-0.2, -0.15) is 0 Å². The van der Waals surface area contributed by atoms with Gasteiger partial charge in [0.05, 0.1) is 12.5 Å². The van der Waals surface area contributed by atoms with Gasteiger partial charge in [0.25, 0.3) is 0 Å². The van der Waals surface area contributed by atoms with Crippen LogP contribution in [0.15, 0.2) is 48.5 Å². The first-order valence-corrected chi connectivity index (χ1v) is 7.87. The number of benzene rings is 2. The van der Waals surface area contributed by atoms with Crippen LogP contribution in [0.4, 0.5) is 4.39 Å². The lowest BCUT2D eigenvalue weighted by Gasteiger charge is -2.11. The minimum atomic E-state index is -0.851. The minimum Gasteiger partial charge on any atom is -0.388 e. The van der Waals surface area contributed by atoms with Crippen LogP contribution in [0.25, 0.3) is 0 Å². The summed E-state index contributed by atoms with van der Waals surface area (Å²) < 4.78 is 13.0. The molecule has 23 heavy (non-hydrogen) atoms. The van der Waals surface area contributed by atoms with Gasteiger partial charge in [-0.1, -0.05) is 35.9 Å². The van der Waals surface area contributed by atoms with E-state index in [1.807, 2.05) is 6.07 Å². The molecule has 2 N–H and O–H groups in total. The van der Waals surface area contributed by atoms with Gasteiger partial charge in [0.2, 0.25) is 5.91 Å². The summed E-state index contributed by atoms with van der Waals surface area (Å²) >= 11 is 5.78. The average Bonchev–Trinajstić information content (AvgIpc) is 2.52. The predicted octanol–water partition coefficient (Wildman–Crippen LogP) is 3.65. The average molecular weight is 336 g/mol. The lowest BCUT2D eigenvalue weighted by atomic mass is 10.1. The fourth-order valence-electron chi connectivity index (χ4n) is 2.26. The third-order valence-corrected chi connectivity index (χ3v) is 3.74. The fraction of sp³-hybridized carbons (Fsp3) is 0.278. The third-order valence-electron chi connectivity index (χ3n) is 3.49. The molecule has 0 saturated carbocycles. The zero-order valence-corrected chi connectivity index (χ0v) is 13.4. The lowest BCUT2D eigenvalue weighted by molar-refractivity contribution is -0.123. The van der Waals surface area contributed by atoms with Crippen molar-refractivity contribution in [3.05, 3.63) is 70.5 Å². The van der Waals surface area contributed by atoms with Crippen molar-refractivity contribution in [2.75, 3.05) is 6.54 Å². The predicted molar refractivity (Wildman–Crippen MR) is 88.8 cm³/mol. The van der Waals surface area contributed by atoms with Crippen molar-refractivity contribution >= 4 is 17.5 Å². The fourth-order valence-corrected chi connectivity index (χ4v) is 2.39. The number of rotatable bonds is 7. The van der Waals surface area contributed by atoms with Crippen LogP contribution in [0.3, 0.4) is 0 Å². The number of aliphatic hydroxyl groups excluding tert-OH is 1. The maximum absolute atomic E-state index is 13.0. The van der Waals surface area contributed by atoms with E-state index in [4.69, 9.17) is 11.6 Å². The number of halogens is 2. The van der Waals surface area contributed by atoms with Crippen molar-refractivity contribution in [2.24, 2.45) is 0 Å². The summed E-state index contributed by atoms with van der Waals surface area (Å²) in [4.78, 5) is 11.8. The summed E-state index contributed by atoms with van der Waals surface area (Å²) in [6.07, 6.45) is 0.557. The Hall–Kier alpha value is -1.91. The molecule has 3 nitrogen and oxygen atoms in total. The Labute approximate surface area is 140 Å². The van der Waals surface area contributed by atoms with Crippen LogP contribution in [0.5, 0.6) is 0 Å². The van der Waals surface area contributed by atoms with Crippen LogP contribution < -0.4 is 5.32 Å². The van der Waals surface area contributed by atoms with Gasteiger partial charge in [-0.15, -0.1) is 0 Å². The van der Waals surface area contributed by atoms with Gasteiger partial charge < -0.3 is 10.4 Å². The topological polar surface area (TPSA) is 49.3 Å². The highest BCUT2D eigenvalue weighted by molar-refractivity contribution is 6.30. The molecule has 122 valence electrons. The number of amides is 1. The Morgan fingerprint density at radius 1 is 1.22 bits per heavy atom. The van der Waals surface area contributed by atoms with Gasteiger partial charge >= 0.3 is 0 Å². The van der Waals surface area contributed by atoms with Crippen molar-refractivity contribution in [1.29, 1.82) is 0 Å². The summed E-state index contributed by atoms with van der Waals surface area (Å²) in [6, 6.07) is 13.2. The standard InChI is InChI=1S/C18H19ClFNO2/c19-15-8-6-14(7-9-15)17(22)12-18(23)21-10-2-4-13-3-1-5-16(20)11-13/h1,3,5-9,11,17,22H,2,4,10,12H2,(H,21,23). The first-order chi connectivity index (χ1) is 11.0. The summed E-state index contributed by atoms with van der Waals surface area (Å²) in [6.45, 7) is 0.489. The van der Waals surface area contributed by atoms with Crippen LogP contribution in [0, 0.1) is 5.82 Å². The molecular formula is C18H19ClFNO2. The maximum atomic E-state index is 13.0. The highest BCUT2D eigenvalue weighted by atomic mass is 35.5. The second-order valence-corrected chi connectivity index (χ2v) is 5.79. The Morgan fingerprint density at radius 3 is 2.65 bits per heavy atom. The van der Waals surface area contributed by atoms with Gasteiger partial charge in [-0.25, -0.2) is 4.39 Å². The van der Waals surface area contributed by atoms with E-state index >= 15 is 0 Å². The summed E-state index contributed by atoms with van der Waals surface area (Å²) in [5, 5.41) is 13.3. The molecule has 0 aliphatic heterocycles. The zero-order valence-electron chi connectivity index (χ0n) is 12.6. The smallest absolute Gasteiger partial charge is 0.222 e. The third kappa shape index (κ3) is 6.00. The van der Waals surface area contributed by atoms with Crippen LogP contribution in [0.2, 0.25) is 5.02 Å². The number of nitrogens with one attached hydrogen (secondary N) is 1. The van der Waals surface area contributed by atoms with Crippen molar-refractivity contribution in [3.8, 4) is 0 Å². The Morgan fingerprint density at radius 2 is 1.96 bits per heavy atom. The highest BCUT2D eigenvalue weighted by Gasteiger charge is 2.12. The zero-order chi connectivity index (χ0) is 16.7. The minimum absolute atomic E-state index is 0.00158. The van der Waals surface area contributed by atoms with E-state index in [-0.39, 0.29) is 18.1 Å². The van der Waals surface area contributed by atoms with Crippen LogP contribution in [-0.2, 0) is 11.2 Å². The maximum Gasteiger partial charge on any atom is 0.222 e. The largest absolute Gasteiger partial charge is 0.388 e. The van der Waals surface area contributed by atoms with E-state index in [1.54, 1.807) is 30.3 Å². The molecular weight excluding hydrogens is 317 g/mol. The molecule has 0 radical (unpaired) electrons. The van der Waals surface area contributed by atoms with Gasteiger partial charge in [0, 0.05) is 11.6 Å². The van der Waals surface area contributed by atoms with E-state index in [1.165, 1.54) is 12.1 Å². The van der Waals surface area contributed by atoms with Crippen molar-refractivity contribution in [3.63, 3.8) is 0 Å². The molecule has 0 aliphatic rings. The molecule has 1 amide bonds. The SMILES string of the molecule is O=C(CC(O)c1ccc(Cl)cc1)NCCCc1cccc(F)c1. The number of hydrogen-bond acceptors (Lipinski definition) is 2. The van der Waals surface area contributed by atoms with E-state index in [9.17, 15) is 14.3 Å². The van der Waals surface area contributed by atoms with Gasteiger partial charge in [-0.3, -0.25) is 4.79 Å². The van der Waals surface area contributed by atoms with Crippen molar-refractivity contribution in [1.82, 2.24) is 5.32 Å². The lowest BCUT2D eigenvalue weighted by Crippen LogP contribution is -2.26. The van der Waals surface area contributed by atoms with E-state index in [2.05, 4.69) is 5.32 Å². The highest BCUT2D eigenvalue weighted by Crippen LogP contribution is 2.18. The van der Waals surface area contributed by atoms with Crippen LogP contribution in [0.1, 0.15) is 30.1 Å². The molecule has 0 saturated heterocycles. The molecule has 1 atom stereocenters. The Bertz CT molecular complexity index is 646. The summed E-state index contributed by atoms with van der Waals surface area (Å²) in [5.41, 5.74) is 1.56. The number of carbonyl (C=O) groups is 1. The van der Waals surface area contributed by atoms with Crippen molar-refractivity contribution in [2.45, 2.75) is 25.4 Å². The molecule has 2 aromatic rings. The first kappa shape index (κ1) is 17.4. The monoisotopic (exact) mass is 335 g/mol. The van der Waals surface area contributed by atoms with Gasteiger partial charge in [0.1, 0.15) is 5.82 Å². The van der Waals surface area contributed by atoms with Gasteiger partial charge in [0.15, 0.2) is 0 Å². The number of aliphatic hydroxyl groups is 1. The number of aryl methyl sites for hydroxylation is 1. The summed E-state index contributed by atoms with van der Waals surface area (Å²) in [5.74, 6) is -0.468. The molecule has 5 heteroatoms. The quantitative estimate of drug-likeness (QED) is 0.759. The molecule has 1 unspecified atom stereocenters. The molecule has 2 aromatic carbocycles. The van der Waals surface area contributed by atoms with Crippen LogP contribution >= 0.6 is 11.6 Å². The van der Waals surface area contributed by atoms with Gasteiger partial charge in [-0.05, 0) is 48.2 Å². The molecule has 0 bridgehead atoms. The van der Waals surface area contributed by atoms with E-state index in [0.717, 1.165) is 5.56 Å². The Kier molecular flexibility index (Phi) is 6.56. The van der Waals surface area contributed by atoms with E-state index in [0.29, 0.717) is 30.0 Å². The molecule has 0 aromatic heterocycles. The van der Waals surface area contributed by atoms with E-state index < -0.39 is 6.10 Å². The van der Waals surface area contributed by atoms with Crippen molar-refractivity contribution < 1.29 is 14.3 Å². The second-order valence-electron chi connectivity index (χ2n) is 5.35.